The monoisotopic (exact) mass is 290 g/mol. The topological polar surface area (TPSA) is 57.5 Å². The zero-order valence-electron chi connectivity index (χ0n) is 8.87. The maximum atomic E-state index is 13.4. The highest BCUT2D eigenvalue weighted by Gasteiger charge is 2.38. The quantitative estimate of drug-likeness (QED) is 0.900. The average molecular weight is 291 g/mol. The van der Waals surface area contributed by atoms with Crippen LogP contribution in [0.3, 0.4) is 0 Å². The van der Waals surface area contributed by atoms with E-state index in [1.54, 1.807) is 0 Å². The van der Waals surface area contributed by atoms with Gasteiger partial charge >= 0.3 is 5.97 Å². The molecule has 1 aromatic rings. The molecule has 5 heteroatoms. The minimum Gasteiger partial charge on any atom is -0.481 e. The number of carbonyl (C=O) groups is 1. The van der Waals surface area contributed by atoms with Crippen LogP contribution in [0, 0.1) is 11.2 Å². The van der Waals surface area contributed by atoms with Crippen molar-refractivity contribution in [1.82, 2.24) is 0 Å². The van der Waals surface area contributed by atoms with Gasteiger partial charge in [0.2, 0.25) is 0 Å². The van der Waals surface area contributed by atoms with E-state index < -0.39 is 23.3 Å². The van der Waals surface area contributed by atoms with Crippen LogP contribution in [0.2, 0.25) is 0 Å². The van der Waals surface area contributed by atoms with Crippen molar-refractivity contribution in [3.8, 4) is 0 Å². The van der Waals surface area contributed by atoms with E-state index in [9.17, 15) is 14.3 Å². The lowest BCUT2D eigenvalue weighted by molar-refractivity contribution is -0.153. The Labute approximate surface area is 101 Å². The van der Waals surface area contributed by atoms with Gasteiger partial charge in [0.05, 0.1) is 11.5 Å². The number of aliphatic hydroxyl groups is 1. The predicted molar refractivity (Wildman–Crippen MR) is 60.5 cm³/mol. The first-order chi connectivity index (χ1) is 7.26. The Balaban J connectivity index is 3.19. The molecule has 88 valence electrons. The number of aliphatic hydroxyl groups excluding tert-OH is 1. The molecule has 0 spiro atoms. The van der Waals surface area contributed by atoms with Crippen LogP contribution in [0.1, 0.15) is 25.5 Å². The van der Waals surface area contributed by atoms with E-state index in [1.807, 2.05) is 0 Å². The Morgan fingerprint density at radius 1 is 1.50 bits per heavy atom. The Morgan fingerprint density at radius 2 is 2.06 bits per heavy atom. The van der Waals surface area contributed by atoms with E-state index in [0.717, 1.165) is 0 Å². The summed E-state index contributed by atoms with van der Waals surface area (Å²) in [6.07, 6.45) is -1.40. The third-order valence-corrected chi connectivity index (χ3v) is 2.98. The number of carboxylic acid groups (broad SMARTS) is 1. The van der Waals surface area contributed by atoms with E-state index in [4.69, 9.17) is 5.11 Å². The van der Waals surface area contributed by atoms with Crippen LogP contribution in [0.25, 0.3) is 0 Å². The highest BCUT2D eigenvalue weighted by Crippen LogP contribution is 2.35. The molecule has 0 aliphatic rings. The molecular formula is C11H12BrFO3. The second kappa shape index (κ2) is 4.51. The van der Waals surface area contributed by atoms with E-state index >= 15 is 0 Å². The zero-order chi connectivity index (χ0) is 12.5. The molecular weight excluding hydrogens is 279 g/mol. The molecule has 1 rings (SSSR count). The third-order valence-electron chi connectivity index (χ3n) is 2.49. The smallest absolute Gasteiger partial charge is 0.312 e. The lowest BCUT2D eigenvalue weighted by Gasteiger charge is -2.26. The van der Waals surface area contributed by atoms with Gasteiger partial charge in [-0.2, -0.15) is 0 Å². The van der Waals surface area contributed by atoms with Crippen LogP contribution in [0.5, 0.6) is 0 Å². The van der Waals surface area contributed by atoms with Gasteiger partial charge in [0.1, 0.15) is 5.82 Å². The van der Waals surface area contributed by atoms with Gasteiger partial charge in [-0.1, -0.05) is 15.9 Å². The summed E-state index contributed by atoms with van der Waals surface area (Å²) >= 11 is 3.14. The van der Waals surface area contributed by atoms with Gasteiger partial charge in [-0.05, 0) is 32.0 Å². The van der Waals surface area contributed by atoms with Crippen LogP contribution in [0.15, 0.2) is 22.7 Å². The van der Waals surface area contributed by atoms with Gasteiger partial charge < -0.3 is 10.2 Å². The van der Waals surface area contributed by atoms with Crippen molar-refractivity contribution in [2.75, 3.05) is 0 Å². The molecule has 2 N–H and O–H groups in total. The molecule has 0 aliphatic heterocycles. The fourth-order valence-electron chi connectivity index (χ4n) is 1.23. The number of rotatable bonds is 3. The summed E-state index contributed by atoms with van der Waals surface area (Å²) in [5.41, 5.74) is -1.47. The summed E-state index contributed by atoms with van der Waals surface area (Å²) in [5, 5.41) is 18.8. The molecule has 0 aromatic heterocycles. The van der Waals surface area contributed by atoms with Gasteiger partial charge in [-0.3, -0.25) is 4.79 Å². The third kappa shape index (κ3) is 2.41. The number of hydrogen-bond donors (Lipinski definition) is 2. The largest absolute Gasteiger partial charge is 0.481 e. The van der Waals surface area contributed by atoms with Gasteiger partial charge in [-0.15, -0.1) is 0 Å². The van der Waals surface area contributed by atoms with Crippen LogP contribution < -0.4 is 0 Å². The van der Waals surface area contributed by atoms with E-state index in [0.29, 0.717) is 4.47 Å². The number of halogens is 2. The molecule has 0 saturated heterocycles. The lowest BCUT2D eigenvalue weighted by Crippen LogP contribution is -2.31. The van der Waals surface area contributed by atoms with Crippen molar-refractivity contribution >= 4 is 21.9 Å². The minimum atomic E-state index is -1.44. The highest BCUT2D eigenvalue weighted by molar-refractivity contribution is 9.10. The molecule has 1 unspecified atom stereocenters. The van der Waals surface area contributed by atoms with Crippen LogP contribution >= 0.6 is 15.9 Å². The van der Waals surface area contributed by atoms with Crippen molar-refractivity contribution in [3.63, 3.8) is 0 Å². The Morgan fingerprint density at radius 3 is 2.56 bits per heavy atom. The van der Waals surface area contributed by atoms with Gasteiger partial charge in [0.25, 0.3) is 0 Å². The maximum Gasteiger partial charge on any atom is 0.312 e. The summed E-state index contributed by atoms with van der Waals surface area (Å²) in [4.78, 5) is 10.9. The molecule has 0 saturated carbocycles. The highest BCUT2D eigenvalue weighted by atomic mass is 79.9. The molecule has 0 radical (unpaired) electrons. The molecule has 1 atom stereocenters. The first-order valence-corrected chi connectivity index (χ1v) is 5.42. The van der Waals surface area contributed by atoms with Crippen molar-refractivity contribution in [1.29, 1.82) is 0 Å². The molecule has 0 fully saturated rings. The van der Waals surface area contributed by atoms with E-state index in [2.05, 4.69) is 15.9 Å². The Kier molecular flexibility index (Phi) is 3.70. The molecule has 0 amide bonds. The molecule has 0 heterocycles. The van der Waals surface area contributed by atoms with Crippen molar-refractivity contribution in [3.05, 3.63) is 34.1 Å². The molecule has 0 aliphatic carbocycles. The number of hydrogen-bond acceptors (Lipinski definition) is 2. The lowest BCUT2D eigenvalue weighted by atomic mass is 9.82. The summed E-state index contributed by atoms with van der Waals surface area (Å²) in [5.74, 6) is -1.80. The number of aliphatic carboxylic acids is 1. The minimum absolute atomic E-state index is 0.0261. The molecule has 3 nitrogen and oxygen atoms in total. The summed E-state index contributed by atoms with van der Waals surface area (Å²) in [6.45, 7) is 2.70. The van der Waals surface area contributed by atoms with E-state index in [-0.39, 0.29) is 5.56 Å². The average Bonchev–Trinajstić information content (AvgIpc) is 2.20. The van der Waals surface area contributed by atoms with Gasteiger partial charge in [-0.25, -0.2) is 4.39 Å². The zero-order valence-corrected chi connectivity index (χ0v) is 10.5. The van der Waals surface area contributed by atoms with Crippen LogP contribution in [0.4, 0.5) is 4.39 Å². The fraction of sp³-hybridized carbons (Fsp3) is 0.364. The van der Waals surface area contributed by atoms with Crippen molar-refractivity contribution in [2.24, 2.45) is 5.41 Å². The number of benzene rings is 1. The van der Waals surface area contributed by atoms with Crippen LogP contribution in [-0.4, -0.2) is 16.2 Å². The maximum absolute atomic E-state index is 13.4. The molecule has 16 heavy (non-hydrogen) atoms. The fourth-order valence-corrected chi connectivity index (χ4v) is 1.61. The molecule has 0 bridgehead atoms. The Hall–Kier alpha value is -0.940. The SMILES string of the molecule is CC(C)(C(=O)O)C(O)c1cc(Br)ccc1F. The summed E-state index contributed by atoms with van der Waals surface area (Å²) < 4.78 is 14.0. The molecule has 1 aromatic carbocycles. The second-order valence-electron chi connectivity index (χ2n) is 4.10. The van der Waals surface area contributed by atoms with Crippen molar-refractivity contribution < 1.29 is 19.4 Å². The van der Waals surface area contributed by atoms with Gasteiger partial charge in [0, 0.05) is 10.0 Å². The number of carboxylic acids is 1. The first-order valence-electron chi connectivity index (χ1n) is 4.63. The standard InChI is InChI=1S/C11H12BrFO3/c1-11(2,10(15)16)9(14)7-5-6(12)3-4-8(7)13/h3-5,9,14H,1-2H3,(H,15,16). The second-order valence-corrected chi connectivity index (χ2v) is 5.01. The van der Waals surface area contributed by atoms with Gasteiger partial charge in [0.15, 0.2) is 0 Å². The summed E-state index contributed by atoms with van der Waals surface area (Å²) in [7, 11) is 0. The van der Waals surface area contributed by atoms with Crippen LogP contribution in [-0.2, 0) is 4.79 Å². The predicted octanol–water partition coefficient (Wildman–Crippen LogP) is 2.73. The summed E-state index contributed by atoms with van der Waals surface area (Å²) in [6, 6.07) is 4.05. The normalized spacial score (nSPS) is 13.6. The van der Waals surface area contributed by atoms with E-state index in [1.165, 1.54) is 32.0 Å². The first kappa shape index (κ1) is 13.1. The van der Waals surface area contributed by atoms with Crippen molar-refractivity contribution in [2.45, 2.75) is 20.0 Å². The Bertz CT molecular complexity index is 418.